The molecule has 1 aliphatic carbocycles. The van der Waals surface area contributed by atoms with Crippen LogP contribution < -0.4 is 5.32 Å². The Bertz CT molecular complexity index is 669. The van der Waals surface area contributed by atoms with E-state index >= 15 is 0 Å². The first kappa shape index (κ1) is 17.2. The van der Waals surface area contributed by atoms with E-state index in [1.807, 2.05) is 5.38 Å². The highest BCUT2D eigenvalue weighted by Gasteiger charge is 2.20. The number of carbonyl (C=O) groups is 1. The first-order valence-electron chi connectivity index (χ1n) is 8.97. The fraction of sp³-hybridized carbons (Fsp3) is 0.500. The van der Waals surface area contributed by atoms with Gasteiger partial charge in [-0.25, -0.2) is 4.98 Å². The van der Waals surface area contributed by atoms with Crippen LogP contribution in [0.15, 0.2) is 29.6 Å². The average molecular weight is 343 g/mol. The molecule has 1 amide bonds. The highest BCUT2D eigenvalue weighted by Crippen LogP contribution is 2.25. The Kier molecular flexibility index (Phi) is 5.67. The van der Waals surface area contributed by atoms with Gasteiger partial charge in [-0.3, -0.25) is 4.79 Å². The maximum Gasteiger partial charge on any atom is 0.226 e. The van der Waals surface area contributed by atoms with Gasteiger partial charge in [0.15, 0.2) is 0 Å². The Labute approximate surface area is 148 Å². The molecule has 0 spiro atoms. The summed E-state index contributed by atoms with van der Waals surface area (Å²) < 4.78 is 0. The van der Waals surface area contributed by atoms with Crippen LogP contribution in [0.1, 0.15) is 50.8 Å². The van der Waals surface area contributed by atoms with E-state index in [0.29, 0.717) is 12.5 Å². The Morgan fingerprint density at radius 2 is 1.92 bits per heavy atom. The standard InChI is InChI=1S/C20H26N2OS/c1-3-15-6-8-16(9-7-15)20-22-18(13-24-20)12-19(23)21-17-10-4-14(2)5-11-17/h6-9,13-14,17H,3-5,10-12H2,1-2H3,(H,21,23). The molecule has 1 aromatic heterocycles. The first-order chi connectivity index (χ1) is 11.6. The number of aryl methyl sites for hydroxylation is 1. The number of carbonyl (C=O) groups excluding carboxylic acids is 1. The number of hydrogen-bond donors (Lipinski definition) is 1. The topological polar surface area (TPSA) is 42.0 Å². The van der Waals surface area contributed by atoms with Gasteiger partial charge < -0.3 is 5.32 Å². The molecular weight excluding hydrogens is 316 g/mol. The summed E-state index contributed by atoms with van der Waals surface area (Å²) in [6, 6.07) is 8.88. The third kappa shape index (κ3) is 4.44. The van der Waals surface area contributed by atoms with Crippen molar-refractivity contribution < 1.29 is 4.79 Å². The van der Waals surface area contributed by atoms with Crippen molar-refractivity contribution in [1.82, 2.24) is 10.3 Å². The third-order valence-corrected chi connectivity index (χ3v) is 5.82. The second kappa shape index (κ2) is 7.93. The van der Waals surface area contributed by atoms with Gasteiger partial charge in [0.05, 0.1) is 12.1 Å². The predicted octanol–water partition coefficient (Wildman–Crippen LogP) is 4.61. The number of rotatable bonds is 5. The molecule has 0 atom stereocenters. The zero-order valence-electron chi connectivity index (χ0n) is 14.5. The van der Waals surface area contributed by atoms with Gasteiger partial charge in [0.1, 0.15) is 5.01 Å². The molecule has 1 fully saturated rings. The summed E-state index contributed by atoms with van der Waals surface area (Å²) in [6.07, 6.45) is 6.09. The van der Waals surface area contributed by atoms with Crippen molar-refractivity contribution in [1.29, 1.82) is 0 Å². The lowest BCUT2D eigenvalue weighted by Crippen LogP contribution is -2.38. The molecule has 24 heavy (non-hydrogen) atoms. The zero-order chi connectivity index (χ0) is 16.9. The Morgan fingerprint density at radius 3 is 2.58 bits per heavy atom. The van der Waals surface area contributed by atoms with Gasteiger partial charge in [-0.1, -0.05) is 38.1 Å². The minimum atomic E-state index is 0.104. The van der Waals surface area contributed by atoms with Crippen molar-refractivity contribution in [2.75, 3.05) is 0 Å². The van der Waals surface area contributed by atoms with E-state index in [1.54, 1.807) is 11.3 Å². The maximum absolute atomic E-state index is 12.2. The lowest BCUT2D eigenvalue weighted by molar-refractivity contribution is -0.121. The van der Waals surface area contributed by atoms with E-state index in [0.717, 1.165) is 41.4 Å². The molecule has 0 aliphatic heterocycles. The normalized spacial score (nSPS) is 20.8. The predicted molar refractivity (Wildman–Crippen MR) is 100 cm³/mol. The van der Waals surface area contributed by atoms with Gasteiger partial charge in [-0.05, 0) is 43.6 Å². The van der Waals surface area contributed by atoms with Crippen LogP contribution in [0.2, 0.25) is 0 Å². The lowest BCUT2D eigenvalue weighted by atomic mass is 9.87. The molecule has 3 rings (SSSR count). The number of benzene rings is 1. The quantitative estimate of drug-likeness (QED) is 0.862. The Hall–Kier alpha value is -1.68. The van der Waals surface area contributed by atoms with E-state index in [2.05, 4.69) is 48.4 Å². The Balaban J connectivity index is 1.56. The minimum Gasteiger partial charge on any atom is -0.353 e. The summed E-state index contributed by atoms with van der Waals surface area (Å²) in [6.45, 7) is 4.45. The minimum absolute atomic E-state index is 0.104. The van der Waals surface area contributed by atoms with Gasteiger partial charge >= 0.3 is 0 Å². The molecule has 2 aromatic rings. The van der Waals surface area contributed by atoms with Gasteiger partial charge in [-0.2, -0.15) is 0 Å². The van der Waals surface area contributed by atoms with Gasteiger partial charge in [0.25, 0.3) is 0 Å². The fourth-order valence-corrected chi connectivity index (χ4v) is 4.08. The van der Waals surface area contributed by atoms with Crippen molar-refractivity contribution in [3.63, 3.8) is 0 Å². The summed E-state index contributed by atoms with van der Waals surface area (Å²) in [5.74, 6) is 0.908. The van der Waals surface area contributed by atoms with Gasteiger partial charge in [0, 0.05) is 17.0 Å². The second-order valence-corrected chi connectivity index (χ2v) is 7.75. The molecule has 1 aliphatic rings. The van der Waals surface area contributed by atoms with E-state index < -0.39 is 0 Å². The van der Waals surface area contributed by atoms with E-state index in [4.69, 9.17) is 0 Å². The largest absolute Gasteiger partial charge is 0.353 e. The number of aromatic nitrogens is 1. The van der Waals surface area contributed by atoms with Gasteiger partial charge in [0.2, 0.25) is 5.91 Å². The number of nitrogens with zero attached hydrogens (tertiary/aromatic N) is 1. The fourth-order valence-electron chi connectivity index (χ4n) is 3.25. The molecule has 0 bridgehead atoms. The molecule has 0 radical (unpaired) electrons. The number of nitrogens with one attached hydrogen (secondary N) is 1. The van der Waals surface area contributed by atoms with E-state index in [1.165, 1.54) is 18.4 Å². The summed E-state index contributed by atoms with van der Waals surface area (Å²) in [4.78, 5) is 16.9. The third-order valence-electron chi connectivity index (χ3n) is 4.88. The molecule has 0 saturated heterocycles. The molecule has 1 heterocycles. The van der Waals surface area contributed by atoms with Crippen LogP contribution in [0.25, 0.3) is 10.6 Å². The smallest absolute Gasteiger partial charge is 0.226 e. The Morgan fingerprint density at radius 1 is 1.21 bits per heavy atom. The molecule has 1 N–H and O–H groups in total. The molecule has 0 unspecified atom stereocenters. The summed E-state index contributed by atoms with van der Waals surface area (Å²) in [7, 11) is 0. The van der Waals surface area contributed by atoms with Crippen molar-refractivity contribution in [3.8, 4) is 10.6 Å². The highest BCUT2D eigenvalue weighted by molar-refractivity contribution is 7.13. The molecule has 3 nitrogen and oxygen atoms in total. The molecule has 4 heteroatoms. The summed E-state index contributed by atoms with van der Waals surface area (Å²) in [5.41, 5.74) is 3.33. The van der Waals surface area contributed by atoms with Crippen molar-refractivity contribution in [3.05, 3.63) is 40.9 Å². The number of thiazole rings is 1. The van der Waals surface area contributed by atoms with Crippen molar-refractivity contribution >= 4 is 17.2 Å². The van der Waals surface area contributed by atoms with Crippen LogP contribution in [0.3, 0.4) is 0 Å². The van der Waals surface area contributed by atoms with Gasteiger partial charge in [-0.15, -0.1) is 11.3 Å². The van der Waals surface area contributed by atoms with Crippen LogP contribution >= 0.6 is 11.3 Å². The summed E-state index contributed by atoms with van der Waals surface area (Å²) in [5, 5.41) is 6.18. The van der Waals surface area contributed by atoms with Crippen LogP contribution in [0.4, 0.5) is 0 Å². The van der Waals surface area contributed by atoms with Crippen molar-refractivity contribution in [2.45, 2.75) is 58.4 Å². The monoisotopic (exact) mass is 342 g/mol. The molecule has 128 valence electrons. The van der Waals surface area contributed by atoms with E-state index in [9.17, 15) is 4.79 Å². The molecular formula is C20H26N2OS. The van der Waals surface area contributed by atoms with E-state index in [-0.39, 0.29) is 5.91 Å². The van der Waals surface area contributed by atoms with Crippen LogP contribution in [0.5, 0.6) is 0 Å². The number of hydrogen-bond acceptors (Lipinski definition) is 3. The van der Waals surface area contributed by atoms with Crippen LogP contribution in [-0.4, -0.2) is 16.9 Å². The van der Waals surface area contributed by atoms with Crippen LogP contribution in [-0.2, 0) is 17.6 Å². The average Bonchev–Trinajstić information content (AvgIpc) is 3.05. The molecule has 1 saturated carbocycles. The SMILES string of the molecule is CCc1ccc(-c2nc(CC(=O)NC3CCC(C)CC3)cs2)cc1. The lowest BCUT2D eigenvalue weighted by Gasteiger charge is -2.26. The maximum atomic E-state index is 12.2. The van der Waals surface area contributed by atoms with Crippen molar-refractivity contribution in [2.24, 2.45) is 5.92 Å². The number of amides is 1. The zero-order valence-corrected chi connectivity index (χ0v) is 15.4. The molecule has 1 aromatic carbocycles. The second-order valence-electron chi connectivity index (χ2n) is 6.90. The van der Waals surface area contributed by atoms with Crippen LogP contribution in [0, 0.1) is 5.92 Å². The summed E-state index contributed by atoms with van der Waals surface area (Å²) >= 11 is 1.61. The highest BCUT2D eigenvalue weighted by atomic mass is 32.1. The first-order valence-corrected chi connectivity index (χ1v) is 9.85.